The van der Waals surface area contributed by atoms with E-state index in [2.05, 4.69) is 4.98 Å². The molecule has 0 aliphatic carbocycles. The second kappa shape index (κ2) is 5.16. The van der Waals surface area contributed by atoms with E-state index >= 15 is 0 Å². The summed E-state index contributed by atoms with van der Waals surface area (Å²) in [5.41, 5.74) is 6.23. The number of H-pyrrole nitrogens is 1. The molecule has 4 N–H and O–H groups in total. The monoisotopic (exact) mass is 277 g/mol. The highest BCUT2D eigenvalue weighted by molar-refractivity contribution is 6.30. The van der Waals surface area contributed by atoms with Crippen LogP contribution in [0.3, 0.4) is 0 Å². The third-order valence-electron chi connectivity index (χ3n) is 2.65. The van der Waals surface area contributed by atoms with Crippen LogP contribution >= 0.6 is 11.6 Å². The molecule has 0 radical (unpaired) electrons. The lowest BCUT2D eigenvalue weighted by molar-refractivity contribution is 0.416. The van der Waals surface area contributed by atoms with Crippen molar-refractivity contribution >= 4 is 17.4 Å². The number of hydrogen-bond acceptors (Lipinski definition) is 3. The van der Waals surface area contributed by atoms with E-state index in [0.29, 0.717) is 22.0 Å². The number of amidine groups is 1. The molecule has 19 heavy (non-hydrogen) atoms. The van der Waals surface area contributed by atoms with Crippen molar-refractivity contribution in [1.29, 1.82) is 5.41 Å². The van der Waals surface area contributed by atoms with E-state index in [4.69, 9.17) is 27.5 Å². The lowest BCUT2D eigenvalue weighted by Gasteiger charge is -2.09. The van der Waals surface area contributed by atoms with Crippen molar-refractivity contribution in [2.24, 2.45) is 5.73 Å². The summed E-state index contributed by atoms with van der Waals surface area (Å²) in [6.07, 6.45) is 0. The van der Waals surface area contributed by atoms with Crippen LogP contribution < -0.4 is 16.0 Å². The smallest absolute Gasteiger partial charge is 0.259 e. The third kappa shape index (κ3) is 2.61. The number of benzene rings is 1. The second-order valence-electron chi connectivity index (χ2n) is 3.87. The van der Waals surface area contributed by atoms with Crippen LogP contribution in [-0.2, 0) is 0 Å². The molecule has 0 unspecified atom stereocenters. The van der Waals surface area contributed by atoms with Crippen molar-refractivity contribution in [2.45, 2.75) is 0 Å². The van der Waals surface area contributed by atoms with E-state index in [1.807, 2.05) is 0 Å². The molecule has 0 aliphatic rings. The van der Waals surface area contributed by atoms with Crippen LogP contribution in [0.1, 0.15) is 5.56 Å². The summed E-state index contributed by atoms with van der Waals surface area (Å²) in [5, 5.41) is 7.81. The van der Waals surface area contributed by atoms with E-state index in [1.54, 1.807) is 24.3 Å². The lowest BCUT2D eigenvalue weighted by atomic mass is 10.1. The Hall–Kier alpha value is -2.27. The minimum atomic E-state index is -0.424. The SMILES string of the molecule is COc1ccc(Cl)cc1-c1ccc(C(=N)N)c(=O)[nH]1. The first-order valence-corrected chi connectivity index (χ1v) is 5.82. The van der Waals surface area contributed by atoms with Crippen molar-refractivity contribution in [3.63, 3.8) is 0 Å². The van der Waals surface area contributed by atoms with Gasteiger partial charge in [0.15, 0.2) is 0 Å². The minimum Gasteiger partial charge on any atom is -0.496 e. The highest BCUT2D eigenvalue weighted by Crippen LogP contribution is 2.30. The predicted molar refractivity (Wildman–Crippen MR) is 75.1 cm³/mol. The summed E-state index contributed by atoms with van der Waals surface area (Å²) in [6.45, 7) is 0. The molecular formula is C13H12ClN3O2. The lowest BCUT2D eigenvalue weighted by Crippen LogP contribution is -2.23. The number of rotatable bonds is 3. The maximum Gasteiger partial charge on any atom is 0.259 e. The molecule has 98 valence electrons. The quantitative estimate of drug-likeness (QED) is 0.592. The normalized spacial score (nSPS) is 10.2. The number of nitrogens with one attached hydrogen (secondary N) is 2. The predicted octanol–water partition coefficient (Wildman–Crippen LogP) is 1.99. The summed E-state index contributed by atoms with van der Waals surface area (Å²) in [4.78, 5) is 14.4. The number of halogens is 1. The summed E-state index contributed by atoms with van der Waals surface area (Å²) < 4.78 is 5.22. The first-order chi connectivity index (χ1) is 9.02. The Morgan fingerprint density at radius 1 is 1.37 bits per heavy atom. The van der Waals surface area contributed by atoms with Crippen LogP contribution in [0.2, 0.25) is 5.02 Å². The molecular weight excluding hydrogens is 266 g/mol. The van der Waals surface area contributed by atoms with Crippen LogP contribution in [0, 0.1) is 5.41 Å². The maximum absolute atomic E-state index is 11.8. The average Bonchev–Trinajstić information content (AvgIpc) is 2.38. The van der Waals surface area contributed by atoms with Crippen LogP contribution in [0.5, 0.6) is 5.75 Å². The van der Waals surface area contributed by atoms with Gasteiger partial charge < -0.3 is 15.5 Å². The van der Waals surface area contributed by atoms with E-state index in [-0.39, 0.29) is 11.4 Å². The van der Waals surface area contributed by atoms with Crippen LogP contribution in [0.25, 0.3) is 11.3 Å². The third-order valence-corrected chi connectivity index (χ3v) is 2.89. The molecule has 0 bridgehead atoms. The fourth-order valence-corrected chi connectivity index (χ4v) is 1.91. The number of aromatic amines is 1. The van der Waals surface area contributed by atoms with Gasteiger partial charge in [0.2, 0.25) is 0 Å². The Bertz CT molecular complexity index is 695. The van der Waals surface area contributed by atoms with Crippen molar-refractivity contribution in [3.8, 4) is 17.0 Å². The first kappa shape index (κ1) is 13.2. The zero-order chi connectivity index (χ0) is 14.0. The van der Waals surface area contributed by atoms with Crippen molar-refractivity contribution < 1.29 is 4.74 Å². The Morgan fingerprint density at radius 2 is 2.11 bits per heavy atom. The van der Waals surface area contributed by atoms with Gasteiger partial charge in [-0.3, -0.25) is 10.2 Å². The molecule has 2 rings (SSSR count). The number of pyridine rings is 1. The van der Waals surface area contributed by atoms with Gasteiger partial charge >= 0.3 is 0 Å². The van der Waals surface area contributed by atoms with Gasteiger partial charge in [-0.1, -0.05) is 11.6 Å². The van der Waals surface area contributed by atoms with Gasteiger partial charge in [0, 0.05) is 10.6 Å². The summed E-state index contributed by atoms with van der Waals surface area (Å²) >= 11 is 5.94. The second-order valence-corrected chi connectivity index (χ2v) is 4.31. The summed E-state index contributed by atoms with van der Waals surface area (Å²) in [5.74, 6) is 0.321. The molecule has 1 aromatic carbocycles. The molecule has 0 aliphatic heterocycles. The van der Waals surface area contributed by atoms with Crippen molar-refractivity contribution in [3.05, 3.63) is 51.3 Å². The van der Waals surface area contributed by atoms with Gasteiger partial charge in [0.25, 0.3) is 5.56 Å². The van der Waals surface area contributed by atoms with Gasteiger partial charge in [-0.05, 0) is 30.3 Å². The van der Waals surface area contributed by atoms with Crippen molar-refractivity contribution in [2.75, 3.05) is 7.11 Å². The summed E-state index contributed by atoms with van der Waals surface area (Å²) in [7, 11) is 1.54. The maximum atomic E-state index is 11.8. The number of aromatic nitrogens is 1. The molecule has 0 amide bonds. The minimum absolute atomic E-state index is 0.129. The van der Waals surface area contributed by atoms with Gasteiger partial charge in [0.05, 0.1) is 18.4 Å². The Morgan fingerprint density at radius 3 is 2.68 bits per heavy atom. The van der Waals surface area contributed by atoms with Crippen molar-refractivity contribution in [1.82, 2.24) is 4.98 Å². The summed E-state index contributed by atoms with van der Waals surface area (Å²) in [6, 6.07) is 8.27. The molecule has 5 nitrogen and oxygen atoms in total. The fourth-order valence-electron chi connectivity index (χ4n) is 1.73. The molecule has 0 spiro atoms. The number of methoxy groups -OCH3 is 1. The average molecular weight is 278 g/mol. The van der Waals surface area contributed by atoms with Gasteiger partial charge in [0.1, 0.15) is 11.6 Å². The van der Waals surface area contributed by atoms with Crippen LogP contribution in [0.15, 0.2) is 35.1 Å². The Balaban J connectivity index is 2.60. The van der Waals surface area contributed by atoms with E-state index in [0.717, 1.165) is 0 Å². The fraction of sp³-hybridized carbons (Fsp3) is 0.0769. The van der Waals surface area contributed by atoms with Gasteiger partial charge in [-0.15, -0.1) is 0 Å². The number of nitrogen functional groups attached to an aromatic ring is 1. The number of ether oxygens (including phenoxy) is 1. The molecule has 2 aromatic rings. The van der Waals surface area contributed by atoms with Gasteiger partial charge in [-0.25, -0.2) is 0 Å². The van der Waals surface area contributed by atoms with Crippen LogP contribution in [-0.4, -0.2) is 17.9 Å². The van der Waals surface area contributed by atoms with Crippen LogP contribution in [0.4, 0.5) is 0 Å². The highest BCUT2D eigenvalue weighted by Gasteiger charge is 2.10. The van der Waals surface area contributed by atoms with E-state index < -0.39 is 5.56 Å². The molecule has 0 fully saturated rings. The zero-order valence-corrected chi connectivity index (χ0v) is 10.9. The Kier molecular flexibility index (Phi) is 3.57. The molecule has 0 saturated heterocycles. The number of hydrogen-bond donors (Lipinski definition) is 3. The molecule has 1 heterocycles. The standard InChI is InChI=1S/C13H12ClN3O2/c1-19-11-5-2-7(14)6-9(11)10-4-3-8(12(15)16)13(18)17-10/h2-6H,1H3,(H3,15,16)(H,17,18). The van der Waals surface area contributed by atoms with E-state index in [1.165, 1.54) is 13.2 Å². The molecule has 1 aromatic heterocycles. The van der Waals surface area contributed by atoms with Gasteiger partial charge in [-0.2, -0.15) is 0 Å². The topological polar surface area (TPSA) is 92.0 Å². The largest absolute Gasteiger partial charge is 0.496 e. The number of nitrogens with two attached hydrogens (primary N) is 1. The zero-order valence-electron chi connectivity index (χ0n) is 10.2. The molecule has 6 heteroatoms. The van der Waals surface area contributed by atoms with E-state index in [9.17, 15) is 4.79 Å². The molecule has 0 saturated carbocycles. The molecule has 0 atom stereocenters. The highest BCUT2D eigenvalue weighted by atomic mass is 35.5. The first-order valence-electron chi connectivity index (χ1n) is 5.44. The Labute approximate surface area is 114 Å².